The summed E-state index contributed by atoms with van der Waals surface area (Å²) >= 11 is 0. The molecule has 5 rings (SSSR count). The Morgan fingerprint density at radius 3 is 2.20 bits per heavy atom. The molecule has 1 aliphatic carbocycles. The highest BCUT2D eigenvalue weighted by atomic mass is 16.2. The van der Waals surface area contributed by atoms with Crippen molar-refractivity contribution in [2.75, 3.05) is 0 Å². The molecule has 0 aromatic heterocycles. The maximum absolute atomic E-state index is 13.4. The summed E-state index contributed by atoms with van der Waals surface area (Å²) < 4.78 is 0. The molecule has 2 atom stereocenters. The van der Waals surface area contributed by atoms with Crippen LogP contribution in [0.1, 0.15) is 46.8 Å². The van der Waals surface area contributed by atoms with E-state index in [2.05, 4.69) is 42.5 Å². The predicted molar refractivity (Wildman–Crippen MR) is 121 cm³/mol. The molecule has 0 saturated heterocycles. The standard InChI is InChI=1S/C27H24N2O/c30-27(22-15-8-3-9-16-22)29-26(21-13-6-2-7-14-21)24-18-10-17-23(25(24)28-29)19-20-11-4-1-5-12-20/h1-9,11-16,19,24,26H,10,17-18H2. The molecule has 148 valence electrons. The summed E-state index contributed by atoms with van der Waals surface area (Å²) in [6.07, 6.45) is 5.39. The van der Waals surface area contributed by atoms with Crippen molar-refractivity contribution in [1.82, 2.24) is 5.01 Å². The van der Waals surface area contributed by atoms with Crippen LogP contribution in [0, 0.1) is 5.92 Å². The van der Waals surface area contributed by atoms with Crippen LogP contribution in [0.5, 0.6) is 0 Å². The molecule has 30 heavy (non-hydrogen) atoms. The second-order valence-electron chi connectivity index (χ2n) is 7.94. The van der Waals surface area contributed by atoms with Gasteiger partial charge in [0.2, 0.25) is 0 Å². The Morgan fingerprint density at radius 2 is 1.50 bits per heavy atom. The zero-order chi connectivity index (χ0) is 20.3. The normalized spacial score (nSPS) is 21.9. The van der Waals surface area contributed by atoms with Crippen molar-refractivity contribution >= 4 is 17.7 Å². The molecule has 0 bridgehead atoms. The summed E-state index contributed by atoms with van der Waals surface area (Å²) in [4.78, 5) is 13.4. The molecule has 1 heterocycles. The summed E-state index contributed by atoms with van der Waals surface area (Å²) in [6, 6.07) is 30.1. The Morgan fingerprint density at radius 1 is 0.867 bits per heavy atom. The van der Waals surface area contributed by atoms with E-state index in [-0.39, 0.29) is 17.9 Å². The smallest absolute Gasteiger partial charge is 0.267 e. The number of hydrazone groups is 1. The van der Waals surface area contributed by atoms with Crippen molar-refractivity contribution in [2.45, 2.75) is 25.3 Å². The number of allylic oxidation sites excluding steroid dienone is 1. The van der Waals surface area contributed by atoms with Crippen LogP contribution in [0.15, 0.2) is 102 Å². The van der Waals surface area contributed by atoms with Gasteiger partial charge >= 0.3 is 0 Å². The van der Waals surface area contributed by atoms with Gasteiger partial charge in [0.25, 0.3) is 5.91 Å². The van der Waals surface area contributed by atoms with Gasteiger partial charge in [-0.2, -0.15) is 5.10 Å². The van der Waals surface area contributed by atoms with E-state index in [0.29, 0.717) is 5.56 Å². The van der Waals surface area contributed by atoms with E-state index in [0.717, 1.165) is 30.5 Å². The summed E-state index contributed by atoms with van der Waals surface area (Å²) in [7, 11) is 0. The molecular weight excluding hydrogens is 368 g/mol. The lowest BCUT2D eigenvalue weighted by Gasteiger charge is -2.29. The van der Waals surface area contributed by atoms with E-state index >= 15 is 0 Å². The van der Waals surface area contributed by atoms with Crippen molar-refractivity contribution in [3.05, 3.63) is 113 Å². The minimum absolute atomic E-state index is 0.0367. The largest absolute Gasteiger partial charge is 0.274 e. The molecule has 3 aromatic rings. The average Bonchev–Trinajstić information content (AvgIpc) is 3.21. The lowest BCUT2D eigenvalue weighted by Crippen LogP contribution is -2.31. The van der Waals surface area contributed by atoms with Gasteiger partial charge in [0.05, 0.1) is 11.8 Å². The van der Waals surface area contributed by atoms with Crippen molar-refractivity contribution in [3.63, 3.8) is 0 Å². The minimum atomic E-state index is -0.0617. The van der Waals surface area contributed by atoms with E-state index in [9.17, 15) is 4.79 Å². The Balaban J connectivity index is 1.58. The number of rotatable bonds is 3. The SMILES string of the molecule is O=C(c1ccccc1)N1N=C2C(=Cc3ccccc3)CCCC2C1c1ccccc1. The van der Waals surface area contributed by atoms with Crippen LogP contribution in [0.3, 0.4) is 0 Å². The summed E-state index contributed by atoms with van der Waals surface area (Å²) in [5.74, 6) is 0.189. The van der Waals surface area contributed by atoms with Gasteiger partial charge in [-0.05, 0) is 54.2 Å². The molecule has 0 spiro atoms. The fraction of sp³-hybridized carbons (Fsp3) is 0.185. The predicted octanol–water partition coefficient (Wildman–Crippen LogP) is 6.12. The number of carbonyl (C=O) groups is 1. The molecule has 1 amide bonds. The molecule has 3 aromatic carbocycles. The molecule has 3 heteroatoms. The highest BCUT2D eigenvalue weighted by Crippen LogP contribution is 2.44. The first-order valence-corrected chi connectivity index (χ1v) is 10.6. The van der Waals surface area contributed by atoms with Gasteiger partial charge in [0.1, 0.15) is 0 Å². The van der Waals surface area contributed by atoms with E-state index in [1.165, 1.54) is 11.1 Å². The number of hydrogen-bond donors (Lipinski definition) is 0. The van der Waals surface area contributed by atoms with Crippen molar-refractivity contribution in [3.8, 4) is 0 Å². The fourth-order valence-corrected chi connectivity index (χ4v) is 4.61. The van der Waals surface area contributed by atoms with Gasteiger partial charge in [0.15, 0.2) is 0 Å². The quantitative estimate of drug-likeness (QED) is 0.528. The van der Waals surface area contributed by atoms with Crippen LogP contribution in [0.4, 0.5) is 0 Å². The third kappa shape index (κ3) is 3.48. The topological polar surface area (TPSA) is 32.7 Å². The van der Waals surface area contributed by atoms with E-state index in [1.54, 1.807) is 5.01 Å². The summed E-state index contributed by atoms with van der Waals surface area (Å²) in [5.41, 5.74) is 5.33. The number of nitrogens with zero attached hydrogens (tertiary/aromatic N) is 2. The lowest BCUT2D eigenvalue weighted by atomic mass is 9.77. The fourth-order valence-electron chi connectivity index (χ4n) is 4.61. The van der Waals surface area contributed by atoms with E-state index < -0.39 is 0 Å². The monoisotopic (exact) mass is 392 g/mol. The van der Waals surface area contributed by atoms with Gasteiger partial charge < -0.3 is 0 Å². The first kappa shape index (κ1) is 18.6. The molecule has 1 aliphatic heterocycles. The van der Waals surface area contributed by atoms with Crippen molar-refractivity contribution < 1.29 is 4.79 Å². The summed E-state index contributed by atoms with van der Waals surface area (Å²) in [6.45, 7) is 0. The number of hydrogen-bond acceptors (Lipinski definition) is 2. The highest BCUT2D eigenvalue weighted by Gasteiger charge is 2.43. The van der Waals surface area contributed by atoms with Gasteiger partial charge in [0, 0.05) is 11.5 Å². The molecule has 3 nitrogen and oxygen atoms in total. The van der Waals surface area contributed by atoms with Gasteiger partial charge in [-0.3, -0.25) is 4.79 Å². The number of amides is 1. The number of benzene rings is 3. The third-order valence-corrected chi connectivity index (χ3v) is 6.01. The molecule has 1 saturated carbocycles. The van der Waals surface area contributed by atoms with E-state index in [4.69, 9.17) is 5.10 Å². The van der Waals surface area contributed by atoms with Crippen LogP contribution in [-0.4, -0.2) is 16.6 Å². The van der Waals surface area contributed by atoms with Crippen LogP contribution < -0.4 is 0 Å². The molecule has 0 radical (unpaired) electrons. The van der Waals surface area contributed by atoms with Crippen molar-refractivity contribution in [1.29, 1.82) is 0 Å². The first-order chi connectivity index (χ1) is 14.8. The zero-order valence-corrected chi connectivity index (χ0v) is 16.8. The van der Waals surface area contributed by atoms with E-state index in [1.807, 2.05) is 54.6 Å². The first-order valence-electron chi connectivity index (χ1n) is 10.6. The molecule has 2 unspecified atom stereocenters. The Hall–Kier alpha value is -3.46. The lowest BCUT2D eigenvalue weighted by molar-refractivity contribution is 0.0681. The maximum atomic E-state index is 13.4. The Labute approximate surface area is 177 Å². The molecule has 2 aliphatic rings. The molecule has 1 fully saturated rings. The second-order valence-corrected chi connectivity index (χ2v) is 7.94. The number of fused-ring (bicyclic) bond motifs is 1. The van der Waals surface area contributed by atoms with Crippen LogP contribution in [0.25, 0.3) is 6.08 Å². The Bertz CT molecular complexity index is 1090. The summed E-state index contributed by atoms with van der Waals surface area (Å²) in [5, 5.41) is 6.68. The average molecular weight is 393 g/mol. The zero-order valence-electron chi connectivity index (χ0n) is 16.8. The minimum Gasteiger partial charge on any atom is -0.267 e. The van der Waals surface area contributed by atoms with Crippen molar-refractivity contribution in [2.24, 2.45) is 11.0 Å². The molecule has 0 N–H and O–H groups in total. The maximum Gasteiger partial charge on any atom is 0.274 e. The Kier molecular flexibility index (Phi) is 5.02. The molecular formula is C27H24N2O. The third-order valence-electron chi connectivity index (χ3n) is 6.01. The highest BCUT2D eigenvalue weighted by molar-refractivity contribution is 6.09. The number of carbonyl (C=O) groups excluding carboxylic acids is 1. The second kappa shape index (κ2) is 8.11. The van der Waals surface area contributed by atoms with Gasteiger partial charge in [-0.15, -0.1) is 0 Å². The van der Waals surface area contributed by atoms with Gasteiger partial charge in [-0.1, -0.05) is 78.9 Å². The van der Waals surface area contributed by atoms with Crippen LogP contribution >= 0.6 is 0 Å². The van der Waals surface area contributed by atoms with Gasteiger partial charge in [-0.25, -0.2) is 5.01 Å². The van der Waals surface area contributed by atoms with Crippen LogP contribution in [-0.2, 0) is 0 Å². The van der Waals surface area contributed by atoms with Crippen LogP contribution in [0.2, 0.25) is 0 Å².